The Morgan fingerprint density at radius 3 is 2.75 bits per heavy atom. The molecule has 0 radical (unpaired) electrons. The summed E-state index contributed by atoms with van der Waals surface area (Å²) in [7, 11) is 0. The van der Waals surface area contributed by atoms with Gasteiger partial charge >= 0.3 is 0 Å². The van der Waals surface area contributed by atoms with Gasteiger partial charge < -0.3 is 20.4 Å². The van der Waals surface area contributed by atoms with Crippen LogP contribution in [0.1, 0.15) is 37.9 Å². The van der Waals surface area contributed by atoms with Crippen LogP contribution < -0.4 is 5.32 Å². The Labute approximate surface area is 142 Å². The van der Waals surface area contributed by atoms with Crippen molar-refractivity contribution in [2.24, 2.45) is 5.92 Å². The van der Waals surface area contributed by atoms with Crippen LogP contribution in [0, 0.1) is 11.7 Å². The van der Waals surface area contributed by atoms with Crippen molar-refractivity contribution in [1.82, 2.24) is 10.2 Å². The zero-order chi connectivity index (χ0) is 17.5. The van der Waals surface area contributed by atoms with Crippen LogP contribution in [-0.2, 0) is 4.79 Å². The number of halogens is 1. The number of aliphatic hydroxyl groups excluding tert-OH is 2. The quantitative estimate of drug-likeness (QED) is 0.704. The van der Waals surface area contributed by atoms with Crippen LogP contribution in [0.15, 0.2) is 24.3 Å². The third kappa shape index (κ3) is 6.19. The molecule has 1 fully saturated rings. The maximum absolute atomic E-state index is 13.1. The first kappa shape index (κ1) is 18.8. The standard InChI is InChI=1S/C18H27FN2O3/c1-13-5-7-21(8-6-13)12-16(22)11-20-18(24)10-17(23)14-3-2-4-15(19)9-14/h2-4,9,13,16-17,22-23H,5-8,10-12H2,1H3,(H,20,24). The molecule has 1 aromatic rings. The minimum Gasteiger partial charge on any atom is -0.390 e. The van der Waals surface area contributed by atoms with Crippen LogP contribution in [0.25, 0.3) is 0 Å². The highest BCUT2D eigenvalue weighted by molar-refractivity contribution is 5.76. The van der Waals surface area contributed by atoms with Gasteiger partial charge in [-0.05, 0) is 49.5 Å². The lowest BCUT2D eigenvalue weighted by molar-refractivity contribution is -0.123. The molecule has 1 aliphatic rings. The number of nitrogens with zero attached hydrogens (tertiary/aromatic N) is 1. The van der Waals surface area contributed by atoms with Gasteiger partial charge in [0.1, 0.15) is 5.82 Å². The summed E-state index contributed by atoms with van der Waals surface area (Å²) in [5, 5.41) is 22.6. The molecule has 0 aliphatic carbocycles. The van der Waals surface area contributed by atoms with E-state index >= 15 is 0 Å². The summed E-state index contributed by atoms with van der Waals surface area (Å²) < 4.78 is 13.1. The highest BCUT2D eigenvalue weighted by atomic mass is 19.1. The second-order valence-corrected chi connectivity index (χ2v) is 6.72. The van der Waals surface area contributed by atoms with Crippen molar-refractivity contribution >= 4 is 5.91 Å². The molecule has 0 bridgehead atoms. The van der Waals surface area contributed by atoms with Gasteiger partial charge in [-0.2, -0.15) is 0 Å². The fourth-order valence-corrected chi connectivity index (χ4v) is 2.92. The summed E-state index contributed by atoms with van der Waals surface area (Å²) in [5.41, 5.74) is 0.369. The second-order valence-electron chi connectivity index (χ2n) is 6.72. The van der Waals surface area contributed by atoms with Crippen LogP contribution in [0.3, 0.4) is 0 Å². The molecule has 2 atom stereocenters. The van der Waals surface area contributed by atoms with Gasteiger partial charge in [-0.3, -0.25) is 4.79 Å². The van der Waals surface area contributed by atoms with E-state index < -0.39 is 18.0 Å². The molecule has 0 spiro atoms. The molecule has 24 heavy (non-hydrogen) atoms. The van der Waals surface area contributed by atoms with E-state index in [2.05, 4.69) is 17.1 Å². The van der Waals surface area contributed by atoms with Crippen molar-refractivity contribution in [2.75, 3.05) is 26.2 Å². The Morgan fingerprint density at radius 2 is 2.08 bits per heavy atom. The fraction of sp³-hybridized carbons (Fsp3) is 0.611. The monoisotopic (exact) mass is 338 g/mol. The van der Waals surface area contributed by atoms with Crippen LogP contribution in [0.2, 0.25) is 0 Å². The molecule has 1 saturated heterocycles. The minimum atomic E-state index is -1.05. The predicted molar refractivity (Wildman–Crippen MR) is 89.8 cm³/mol. The molecule has 3 N–H and O–H groups in total. The van der Waals surface area contributed by atoms with Crippen molar-refractivity contribution in [3.63, 3.8) is 0 Å². The third-order valence-corrected chi connectivity index (χ3v) is 4.49. The predicted octanol–water partition coefficient (Wildman–Crippen LogP) is 1.46. The van der Waals surface area contributed by atoms with E-state index in [1.54, 1.807) is 6.07 Å². The largest absolute Gasteiger partial charge is 0.390 e. The number of hydrogen-bond acceptors (Lipinski definition) is 4. The molecule has 5 nitrogen and oxygen atoms in total. The van der Waals surface area contributed by atoms with E-state index in [4.69, 9.17) is 0 Å². The number of carbonyl (C=O) groups is 1. The van der Waals surface area contributed by atoms with Gasteiger partial charge in [-0.15, -0.1) is 0 Å². The number of piperidine rings is 1. The number of aliphatic hydroxyl groups is 2. The molecular weight excluding hydrogens is 311 g/mol. The number of amides is 1. The Bertz CT molecular complexity index is 533. The van der Waals surface area contributed by atoms with Gasteiger partial charge in [0.05, 0.1) is 18.6 Å². The van der Waals surface area contributed by atoms with Gasteiger partial charge in [0.2, 0.25) is 5.91 Å². The number of hydrogen-bond donors (Lipinski definition) is 3. The van der Waals surface area contributed by atoms with Crippen molar-refractivity contribution in [1.29, 1.82) is 0 Å². The number of carbonyl (C=O) groups excluding carboxylic acids is 1. The van der Waals surface area contributed by atoms with E-state index in [0.29, 0.717) is 12.1 Å². The topological polar surface area (TPSA) is 72.8 Å². The van der Waals surface area contributed by atoms with Crippen LogP contribution in [-0.4, -0.2) is 53.3 Å². The molecule has 1 heterocycles. The van der Waals surface area contributed by atoms with Crippen molar-refractivity contribution in [3.05, 3.63) is 35.6 Å². The van der Waals surface area contributed by atoms with Crippen molar-refractivity contribution in [3.8, 4) is 0 Å². The fourth-order valence-electron chi connectivity index (χ4n) is 2.92. The summed E-state index contributed by atoms with van der Waals surface area (Å²) in [5.74, 6) is -0.0706. The van der Waals surface area contributed by atoms with Crippen LogP contribution in [0.4, 0.5) is 4.39 Å². The Hall–Kier alpha value is -1.50. The second kappa shape index (κ2) is 9.11. The summed E-state index contributed by atoms with van der Waals surface area (Å²) in [6.45, 7) is 4.88. The molecule has 1 aliphatic heterocycles. The molecule has 1 aromatic carbocycles. The number of β-amino-alcohol motifs (C(OH)–C–C–N with tert-alkyl or cyclic N) is 1. The van der Waals surface area contributed by atoms with Gasteiger partial charge in [0, 0.05) is 13.1 Å². The average molecular weight is 338 g/mol. The SMILES string of the molecule is CC1CCN(CC(O)CNC(=O)CC(O)c2cccc(F)c2)CC1. The van der Waals surface area contributed by atoms with E-state index in [-0.39, 0.29) is 18.9 Å². The number of rotatable bonds is 7. The lowest BCUT2D eigenvalue weighted by Crippen LogP contribution is -2.43. The first-order chi connectivity index (χ1) is 11.4. The maximum Gasteiger partial charge on any atom is 0.223 e. The zero-order valence-corrected chi connectivity index (χ0v) is 14.1. The van der Waals surface area contributed by atoms with Gasteiger partial charge in [-0.1, -0.05) is 19.1 Å². The molecule has 1 amide bonds. The summed E-state index contributed by atoms with van der Waals surface area (Å²) in [6.07, 6.45) is 0.435. The molecule has 6 heteroatoms. The van der Waals surface area contributed by atoms with Crippen molar-refractivity contribution < 1.29 is 19.4 Å². The lowest BCUT2D eigenvalue weighted by Gasteiger charge is -2.31. The highest BCUT2D eigenvalue weighted by Crippen LogP contribution is 2.17. The Kier molecular flexibility index (Phi) is 7.15. The molecular formula is C18H27FN2O3. The highest BCUT2D eigenvalue weighted by Gasteiger charge is 2.19. The normalized spacial score (nSPS) is 19.0. The Morgan fingerprint density at radius 1 is 1.38 bits per heavy atom. The van der Waals surface area contributed by atoms with E-state index in [0.717, 1.165) is 31.8 Å². The molecule has 0 aromatic heterocycles. The third-order valence-electron chi connectivity index (χ3n) is 4.49. The molecule has 2 unspecified atom stereocenters. The molecule has 0 saturated carbocycles. The van der Waals surface area contributed by atoms with Gasteiger partial charge in [-0.25, -0.2) is 4.39 Å². The van der Waals surface area contributed by atoms with Gasteiger partial charge in [0.15, 0.2) is 0 Å². The first-order valence-corrected chi connectivity index (χ1v) is 8.54. The molecule has 134 valence electrons. The first-order valence-electron chi connectivity index (χ1n) is 8.54. The van der Waals surface area contributed by atoms with Crippen LogP contribution >= 0.6 is 0 Å². The summed E-state index contributed by atoms with van der Waals surface area (Å²) >= 11 is 0. The van der Waals surface area contributed by atoms with E-state index in [1.807, 2.05) is 0 Å². The van der Waals surface area contributed by atoms with Gasteiger partial charge in [0.25, 0.3) is 0 Å². The number of likely N-dealkylation sites (tertiary alicyclic amines) is 1. The van der Waals surface area contributed by atoms with E-state index in [9.17, 15) is 19.4 Å². The van der Waals surface area contributed by atoms with Crippen molar-refractivity contribution in [2.45, 2.75) is 38.4 Å². The molecule has 2 rings (SSSR count). The van der Waals surface area contributed by atoms with Crippen LogP contribution in [0.5, 0.6) is 0 Å². The number of nitrogens with one attached hydrogen (secondary N) is 1. The van der Waals surface area contributed by atoms with E-state index in [1.165, 1.54) is 18.2 Å². The zero-order valence-electron chi connectivity index (χ0n) is 14.1. The maximum atomic E-state index is 13.1. The smallest absolute Gasteiger partial charge is 0.223 e. The lowest BCUT2D eigenvalue weighted by atomic mass is 9.99. The number of benzene rings is 1. The minimum absolute atomic E-state index is 0.154. The Balaban J connectivity index is 1.68. The summed E-state index contributed by atoms with van der Waals surface area (Å²) in [4.78, 5) is 14.1. The average Bonchev–Trinajstić information content (AvgIpc) is 2.55. The summed E-state index contributed by atoms with van der Waals surface area (Å²) in [6, 6.07) is 5.57.